The van der Waals surface area contributed by atoms with Gasteiger partial charge in [0.25, 0.3) is 0 Å². The van der Waals surface area contributed by atoms with E-state index < -0.39 is 5.57 Å². The van der Waals surface area contributed by atoms with E-state index in [2.05, 4.69) is 29.1 Å². The fourth-order valence-corrected chi connectivity index (χ4v) is 3.24. The summed E-state index contributed by atoms with van der Waals surface area (Å²) in [4.78, 5) is 4.43. The molecule has 1 saturated carbocycles. The van der Waals surface area contributed by atoms with Gasteiger partial charge in [0.05, 0.1) is 6.04 Å². The summed E-state index contributed by atoms with van der Waals surface area (Å²) < 4.78 is 16.5. The maximum absolute atomic E-state index is 14.7. The van der Waals surface area contributed by atoms with Gasteiger partial charge in [-0.3, -0.25) is 0 Å². The van der Waals surface area contributed by atoms with Crippen LogP contribution in [-0.2, 0) is 5.57 Å². The molecule has 3 atom stereocenters. The molecule has 21 heavy (non-hydrogen) atoms. The lowest BCUT2D eigenvalue weighted by atomic mass is 9.78. The van der Waals surface area contributed by atoms with Gasteiger partial charge >= 0.3 is 0 Å². The van der Waals surface area contributed by atoms with E-state index in [1.54, 1.807) is 0 Å². The van der Waals surface area contributed by atoms with Crippen molar-refractivity contribution in [3.05, 3.63) is 47.5 Å². The zero-order valence-corrected chi connectivity index (χ0v) is 12.0. The van der Waals surface area contributed by atoms with Crippen LogP contribution in [0.2, 0.25) is 0 Å². The van der Waals surface area contributed by atoms with Crippen molar-refractivity contribution >= 4 is 7.85 Å². The molecule has 2 aromatic rings. The number of fused-ring (bicyclic) bond motifs is 1. The van der Waals surface area contributed by atoms with E-state index in [-0.39, 0.29) is 23.7 Å². The molecule has 0 saturated heterocycles. The van der Waals surface area contributed by atoms with Crippen LogP contribution >= 0.6 is 0 Å². The van der Waals surface area contributed by atoms with Gasteiger partial charge in [-0.25, -0.2) is 14.1 Å². The Labute approximate surface area is 125 Å². The summed E-state index contributed by atoms with van der Waals surface area (Å²) in [5.41, 5.74) is -0.689. The first-order chi connectivity index (χ1) is 10.1. The van der Waals surface area contributed by atoms with Gasteiger partial charge in [-0.1, -0.05) is 37.3 Å². The van der Waals surface area contributed by atoms with Gasteiger partial charge in [-0.15, -0.1) is 0 Å². The van der Waals surface area contributed by atoms with E-state index in [9.17, 15) is 4.39 Å². The predicted octanol–water partition coefficient (Wildman–Crippen LogP) is 3.08. The van der Waals surface area contributed by atoms with Gasteiger partial charge in [0.1, 0.15) is 19.2 Å². The van der Waals surface area contributed by atoms with Crippen molar-refractivity contribution in [2.24, 2.45) is 5.92 Å². The number of hydrogen-bond donors (Lipinski definition) is 0. The number of benzene rings is 1. The largest absolute Gasteiger partial charge is 0.246 e. The lowest BCUT2D eigenvalue weighted by molar-refractivity contribution is 0.229. The topological polar surface area (TPSA) is 30.7 Å². The van der Waals surface area contributed by atoms with Crippen LogP contribution in [0.5, 0.6) is 0 Å². The normalized spacial score (nSPS) is 27.3. The Balaban J connectivity index is 1.74. The Morgan fingerprint density at radius 2 is 2.00 bits per heavy atom. The molecule has 2 heterocycles. The summed E-state index contributed by atoms with van der Waals surface area (Å²) in [5, 5.41) is 4.44. The van der Waals surface area contributed by atoms with Crippen molar-refractivity contribution < 1.29 is 4.39 Å². The second kappa shape index (κ2) is 4.42. The molecule has 3 unspecified atom stereocenters. The molecule has 5 heteroatoms. The summed E-state index contributed by atoms with van der Waals surface area (Å²) in [6.45, 7) is 2.11. The Hall–Kier alpha value is -1.65. The highest BCUT2D eigenvalue weighted by Gasteiger charge is 2.47. The van der Waals surface area contributed by atoms with Crippen molar-refractivity contribution in [3.63, 3.8) is 0 Å². The maximum atomic E-state index is 14.7. The third kappa shape index (κ3) is 2.02. The standard InChI is InChI=1S/C16H17BFN3/c1-10-9-13(11-5-3-2-4-6-11)21-14(10)19-15(20-21)16(17,18)12-7-8-12/h2-6,10,12-13H,7-9H2,1H3. The summed E-state index contributed by atoms with van der Waals surface area (Å²) >= 11 is 0. The van der Waals surface area contributed by atoms with Crippen molar-refractivity contribution in [3.8, 4) is 0 Å². The van der Waals surface area contributed by atoms with Gasteiger partial charge in [0.15, 0.2) is 5.82 Å². The highest BCUT2D eigenvalue weighted by Crippen LogP contribution is 2.47. The third-order valence-electron chi connectivity index (χ3n) is 4.67. The highest BCUT2D eigenvalue weighted by atomic mass is 19.1. The fraction of sp³-hybridized carbons (Fsp3) is 0.500. The monoisotopic (exact) mass is 281 g/mol. The molecular formula is C16H17BFN3. The summed E-state index contributed by atoms with van der Waals surface area (Å²) in [5.74, 6) is 1.16. The minimum atomic E-state index is -1.88. The van der Waals surface area contributed by atoms with E-state index in [0.717, 1.165) is 25.1 Å². The average molecular weight is 281 g/mol. The first kappa shape index (κ1) is 13.0. The molecule has 0 amide bonds. The van der Waals surface area contributed by atoms with Crippen LogP contribution in [0.4, 0.5) is 4.39 Å². The van der Waals surface area contributed by atoms with Gasteiger partial charge < -0.3 is 0 Å². The molecule has 2 aliphatic rings. The number of halogens is 1. The molecule has 106 valence electrons. The third-order valence-corrected chi connectivity index (χ3v) is 4.67. The van der Waals surface area contributed by atoms with Crippen LogP contribution in [0.15, 0.2) is 30.3 Å². The van der Waals surface area contributed by atoms with Gasteiger partial charge in [-0.2, -0.15) is 5.10 Å². The number of aromatic nitrogens is 3. The van der Waals surface area contributed by atoms with Crippen LogP contribution in [0.25, 0.3) is 0 Å². The van der Waals surface area contributed by atoms with Crippen LogP contribution < -0.4 is 0 Å². The first-order valence-corrected chi connectivity index (χ1v) is 7.57. The average Bonchev–Trinajstić information content (AvgIpc) is 3.17. The molecule has 1 aliphatic heterocycles. The quantitative estimate of drug-likeness (QED) is 0.809. The SMILES string of the molecule is [B]C(F)(c1nc2n(n1)C(c1ccccc1)CC2C)C1CC1. The molecule has 2 radical (unpaired) electrons. The molecule has 1 aromatic carbocycles. The number of rotatable bonds is 3. The number of nitrogens with zero attached hydrogens (tertiary/aromatic N) is 3. The molecule has 3 nitrogen and oxygen atoms in total. The fourth-order valence-electron chi connectivity index (χ4n) is 3.24. The maximum Gasteiger partial charge on any atom is 0.178 e. The lowest BCUT2D eigenvalue weighted by Gasteiger charge is -2.17. The summed E-state index contributed by atoms with van der Waals surface area (Å²) in [6, 6.07) is 10.3. The van der Waals surface area contributed by atoms with E-state index in [1.165, 1.54) is 5.56 Å². The zero-order valence-electron chi connectivity index (χ0n) is 12.0. The van der Waals surface area contributed by atoms with Crippen LogP contribution in [-0.4, -0.2) is 22.6 Å². The first-order valence-electron chi connectivity index (χ1n) is 7.57. The van der Waals surface area contributed by atoms with E-state index in [4.69, 9.17) is 7.85 Å². The van der Waals surface area contributed by atoms with Crippen molar-refractivity contribution in [1.29, 1.82) is 0 Å². The van der Waals surface area contributed by atoms with Gasteiger partial charge in [-0.05, 0) is 30.7 Å². The van der Waals surface area contributed by atoms with Crippen molar-refractivity contribution in [2.75, 3.05) is 0 Å². The van der Waals surface area contributed by atoms with Gasteiger partial charge in [0, 0.05) is 5.92 Å². The van der Waals surface area contributed by atoms with Crippen LogP contribution in [0.1, 0.15) is 55.4 Å². The number of alkyl halides is 1. The van der Waals surface area contributed by atoms with Crippen LogP contribution in [0, 0.1) is 5.92 Å². The Morgan fingerprint density at radius 3 is 2.67 bits per heavy atom. The Morgan fingerprint density at radius 1 is 1.29 bits per heavy atom. The van der Waals surface area contributed by atoms with Crippen molar-refractivity contribution in [1.82, 2.24) is 14.8 Å². The molecule has 0 spiro atoms. The number of hydrogen-bond acceptors (Lipinski definition) is 2. The molecule has 0 bridgehead atoms. The molecule has 4 rings (SSSR count). The smallest absolute Gasteiger partial charge is 0.178 e. The predicted molar refractivity (Wildman–Crippen MR) is 78.9 cm³/mol. The molecule has 1 fully saturated rings. The highest BCUT2D eigenvalue weighted by molar-refractivity contribution is 6.14. The molecule has 1 aliphatic carbocycles. The molecular weight excluding hydrogens is 264 g/mol. The van der Waals surface area contributed by atoms with Crippen molar-refractivity contribution in [2.45, 2.75) is 43.7 Å². The zero-order chi connectivity index (χ0) is 14.6. The summed E-state index contributed by atoms with van der Waals surface area (Å²) in [6.07, 6.45) is 2.61. The van der Waals surface area contributed by atoms with E-state index in [1.807, 2.05) is 22.9 Å². The van der Waals surface area contributed by atoms with E-state index in [0.29, 0.717) is 0 Å². The molecule has 0 N–H and O–H groups in total. The second-order valence-corrected chi connectivity index (χ2v) is 6.34. The van der Waals surface area contributed by atoms with Gasteiger partial charge in [0.2, 0.25) is 0 Å². The lowest BCUT2D eigenvalue weighted by Crippen LogP contribution is -2.25. The van der Waals surface area contributed by atoms with Crippen LogP contribution in [0.3, 0.4) is 0 Å². The Kier molecular flexibility index (Phi) is 2.75. The summed E-state index contributed by atoms with van der Waals surface area (Å²) in [7, 11) is 5.83. The second-order valence-electron chi connectivity index (χ2n) is 6.34. The molecule has 1 aromatic heterocycles. The Bertz CT molecular complexity index is 663. The van der Waals surface area contributed by atoms with E-state index >= 15 is 0 Å². The minimum Gasteiger partial charge on any atom is -0.246 e. The minimum absolute atomic E-state index is 0.119.